The third-order valence-corrected chi connectivity index (χ3v) is 8.02. The SMILES string of the molecule is NC(=O)c1c(NC(=O)CN2CCCC2c2nnc3n2CCCCC3)sc2c1CCCC2. The van der Waals surface area contributed by atoms with Crippen molar-refractivity contribution < 1.29 is 9.59 Å². The van der Waals surface area contributed by atoms with Gasteiger partial charge in [-0.3, -0.25) is 14.5 Å². The number of aromatic nitrogens is 3. The Hall–Kier alpha value is -2.26. The van der Waals surface area contributed by atoms with Crippen molar-refractivity contribution in [2.75, 3.05) is 18.4 Å². The van der Waals surface area contributed by atoms with Crippen LogP contribution in [0.3, 0.4) is 0 Å². The van der Waals surface area contributed by atoms with Gasteiger partial charge in [-0.25, -0.2) is 0 Å². The molecule has 5 rings (SSSR count). The number of hydrogen-bond donors (Lipinski definition) is 2. The molecule has 0 spiro atoms. The molecule has 0 saturated carbocycles. The molecule has 2 aliphatic heterocycles. The van der Waals surface area contributed by atoms with Crippen LogP contribution in [-0.4, -0.2) is 44.6 Å². The summed E-state index contributed by atoms with van der Waals surface area (Å²) in [5.74, 6) is 1.55. The normalized spacial score (nSPS) is 21.4. The Kier molecular flexibility index (Phi) is 5.79. The van der Waals surface area contributed by atoms with Crippen LogP contribution in [0.4, 0.5) is 5.00 Å². The maximum atomic E-state index is 13.0. The van der Waals surface area contributed by atoms with Crippen LogP contribution in [0.2, 0.25) is 0 Å². The summed E-state index contributed by atoms with van der Waals surface area (Å²) in [7, 11) is 0. The number of carbonyl (C=O) groups excluding carboxylic acids is 2. The Bertz CT molecular complexity index is 997. The van der Waals surface area contributed by atoms with E-state index >= 15 is 0 Å². The quantitative estimate of drug-likeness (QED) is 0.741. The predicted octanol–water partition coefficient (Wildman–Crippen LogP) is 2.82. The highest BCUT2D eigenvalue weighted by molar-refractivity contribution is 7.17. The molecule has 166 valence electrons. The number of anilines is 1. The Morgan fingerprint density at radius 1 is 1.03 bits per heavy atom. The molecule has 2 amide bonds. The van der Waals surface area contributed by atoms with Gasteiger partial charge < -0.3 is 15.6 Å². The molecule has 9 heteroatoms. The summed E-state index contributed by atoms with van der Waals surface area (Å²) in [6, 6.07) is 0.122. The average molecular weight is 443 g/mol. The van der Waals surface area contributed by atoms with Crippen LogP contribution in [0.15, 0.2) is 0 Å². The monoisotopic (exact) mass is 442 g/mol. The van der Waals surface area contributed by atoms with Crippen LogP contribution < -0.4 is 11.1 Å². The Morgan fingerprint density at radius 3 is 2.74 bits per heavy atom. The fourth-order valence-electron chi connectivity index (χ4n) is 5.33. The van der Waals surface area contributed by atoms with Crippen LogP contribution in [0, 0.1) is 0 Å². The summed E-state index contributed by atoms with van der Waals surface area (Å²) in [6.07, 6.45) is 10.6. The zero-order valence-corrected chi connectivity index (χ0v) is 18.7. The van der Waals surface area contributed by atoms with Gasteiger partial charge in [0.25, 0.3) is 5.91 Å². The zero-order chi connectivity index (χ0) is 21.4. The number of aryl methyl sites for hydroxylation is 2. The van der Waals surface area contributed by atoms with Gasteiger partial charge in [-0.15, -0.1) is 21.5 Å². The molecule has 2 aromatic heterocycles. The number of hydrogen-bond acceptors (Lipinski definition) is 6. The van der Waals surface area contributed by atoms with Gasteiger partial charge in [-0.2, -0.15) is 0 Å². The van der Waals surface area contributed by atoms with Gasteiger partial charge in [-0.1, -0.05) is 6.42 Å². The first-order chi connectivity index (χ1) is 15.1. The molecule has 1 fully saturated rings. The predicted molar refractivity (Wildman–Crippen MR) is 119 cm³/mol. The van der Waals surface area contributed by atoms with Crippen LogP contribution >= 0.6 is 11.3 Å². The maximum Gasteiger partial charge on any atom is 0.251 e. The summed E-state index contributed by atoms with van der Waals surface area (Å²) in [5, 5.41) is 12.6. The molecule has 1 atom stereocenters. The molecule has 3 aliphatic rings. The van der Waals surface area contributed by atoms with Crippen molar-refractivity contribution >= 4 is 28.2 Å². The lowest BCUT2D eigenvalue weighted by atomic mass is 9.95. The van der Waals surface area contributed by atoms with E-state index in [-0.39, 0.29) is 18.5 Å². The third-order valence-electron chi connectivity index (χ3n) is 6.82. The summed E-state index contributed by atoms with van der Waals surface area (Å²) in [4.78, 5) is 28.5. The largest absolute Gasteiger partial charge is 0.365 e. The number of amides is 2. The number of carbonyl (C=O) groups is 2. The summed E-state index contributed by atoms with van der Waals surface area (Å²) in [5.41, 5.74) is 7.24. The van der Waals surface area contributed by atoms with Crippen molar-refractivity contribution in [3.8, 4) is 0 Å². The second kappa shape index (κ2) is 8.70. The Labute approximate surface area is 186 Å². The summed E-state index contributed by atoms with van der Waals surface area (Å²) >= 11 is 1.52. The molecule has 4 heterocycles. The minimum atomic E-state index is -0.445. The van der Waals surface area contributed by atoms with Crippen LogP contribution in [0.5, 0.6) is 0 Å². The van der Waals surface area contributed by atoms with Gasteiger partial charge in [0.05, 0.1) is 18.2 Å². The fraction of sp³-hybridized carbons (Fsp3) is 0.636. The number of nitrogens with one attached hydrogen (secondary N) is 1. The molecule has 0 radical (unpaired) electrons. The van der Waals surface area contributed by atoms with E-state index in [4.69, 9.17) is 5.73 Å². The molecular weight excluding hydrogens is 412 g/mol. The first-order valence-electron chi connectivity index (χ1n) is 11.5. The van der Waals surface area contributed by atoms with Crippen LogP contribution in [-0.2, 0) is 30.6 Å². The number of likely N-dealkylation sites (tertiary alicyclic amines) is 1. The van der Waals surface area contributed by atoms with Gasteiger partial charge in [0.15, 0.2) is 0 Å². The van der Waals surface area contributed by atoms with Crippen molar-refractivity contribution in [2.24, 2.45) is 5.73 Å². The summed E-state index contributed by atoms with van der Waals surface area (Å²) in [6.45, 7) is 2.12. The topological polar surface area (TPSA) is 106 Å². The minimum Gasteiger partial charge on any atom is -0.365 e. The molecule has 2 aromatic rings. The summed E-state index contributed by atoms with van der Waals surface area (Å²) < 4.78 is 2.28. The van der Waals surface area contributed by atoms with Crippen molar-refractivity contribution in [1.82, 2.24) is 19.7 Å². The second-order valence-corrected chi connectivity index (χ2v) is 10.00. The van der Waals surface area contributed by atoms with Gasteiger partial charge >= 0.3 is 0 Å². The smallest absolute Gasteiger partial charge is 0.251 e. The van der Waals surface area contributed by atoms with Gasteiger partial charge in [0, 0.05) is 17.8 Å². The van der Waals surface area contributed by atoms with Crippen LogP contribution in [0.1, 0.15) is 83.4 Å². The van der Waals surface area contributed by atoms with E-state index in [1.807, 2.05) is 0 Å². The van der Waals surface area contributed by atoms with Crippen LogP contribution in [0.25, 0.3) is 0 Å². The van der Waals surface area contributed by atoms with Crippen molar-refractivity contribution in [2.45, 2.75) is 76.8 Å². The maximum absolute atomic E-state index is 13.0. The number of fused-ring (bicyclic) bond motifs is 2. The Balaban J connectivity index is 1.31. The van der Waals surface area contributed by atoms with E-state index in [0.717, 1.165) is 81.7 Å². The van der Waals surface area contributed by atoms with E-state index in [9.17, 15) is 9.59 Å². The third kappa shape index (κ3) is 4.01. The molecule has 8 nitrogen and oxygen atoms in total. The number of rotatable bonds is 5. The molecule has 1 saturated heterocycles. The number of thiophene rings is 1. The van der Waals surface area contributed by atoms with E-state index in [1.165, 1.54) is 29.1 Å². The first-order valence-corrected chi connectivity index (χ1v) is 12.3. The second-order valence-electron chi connectivity index (χ2n) is 8.89. The molecular formula is C22H30N6O2S. The van der Waals surface area contributed by atoms with E-state index in [0.29, 0.717) is 10.6 Å². The Morgan fingerprint density at radius 2 is 1.87 bits per heavy atom. The molecule has 1 unspecified atom stereocenters. The molecule has 1 aliphatic carbocycles. The fourth-order valence-corrected chi connectivity index (χ4v) is 6.64. The van der Waals surface area contributed by atoms with Gasteiger partial charge in [0.1, 0.15) is 16.6 Å². The van der Waals surface area contributed by atoms with Crippen molar-refractivity contribution in [1.29, 1.82) is 0 Å². The standard InChI is InChI=1S/C22H30N6O2S/c23-20(30)19-14-7-3-4-9-16(14)31-22(19)24-18(29)13-27-11-6-8-15(27)21-26-25-17-10-2-1-5-12-28(17)21/h15H,1-13H2,(H2,23,30)(H,24,29). The van der Waals surface area contributed by atoms with Crippen molar-refractivity contribution in [3.63, 3.8) is 0 Å². The zero-order valence-electron chi connectivity index (χ0n) is 17.9. The van der Waals surface area contributed by atoms with E-state index in [2.05, 4.69) is 25.0 Å². The average Bonchev–Trinajstić information content (AvgIpc) is 3.40. The van der Waals surface area contributed by atoms with Crippen molar-refractivity contribution in [3.05, 3.63) is 27.7 Å². The minimum absolute atomic E-state index is 0.0939. The molecule has 31 heavy (non-hydrogen) atoms. The van der Waals surface area contributed by atoms with E-state index < -0.39 is 5.91 Å². The molecule has 0 aromatic carbocycles. The van der Waals surface area contributed by atoms with Gasteiger partial charge in [0.2, 0.25) is 5.91 Å². The lowest BCUT2D eigenvalue weighted by molar-refractivity contribution is -0.117. The number of primary amides is 1. The van der Waals surface area contributed by atoms with E-state index in [1.54, 1.807) is 0 Å². The molecule has 3 N–H and O–H groups in total. The first kappa shape index (κ1) is 20.6. The number of nitrogens with two attached hydrogens (primary N) is 1. The highest BCUT2D eigenvalue weighted by Crippen LogP contribution is 2.38. The molecule has 0 bridgehead atoms. The lowest BCUT2D eigenvalue weighted by Gasteiger charge is -2.23. The highest BCUT2D eigenvalue weighted by Gasteiger charge is 2.33. The van der Waals surface area contributed by atoms with Gasteiger partial charge in [-0.05, 0) is 63.5 Å². The lowest BCUT2D eigenvalue weighted by Crippen LogP contribution is -2.34. The highest BCUT2D eigenvalue weighted by atomic mass is 32.1. The number of nitrogens with zero attached hydrogens (tertiary/aromatic N) is 4.